The quantitative estimate of drug-likeness (QED) is 0.411. The predicted molar refractivity (Wildman–Crippen MR) is 136 cm³/mol. The highest BCUT2D eigenvalue weighted by atomic mass is 16.3. The molecule has 2 unspecified atom stereocenters. The second-order valence-corrected chi connectivity index (χ2v) is 9.98. The van der Waals surface area contributed by atoms with Crippen molar-refractivity contribution in [1.82, 2.24) is 15.5 Å². The smallest absolute Gasteiger partial charge is 0.243 e. The first-order chi connectivity index (χ1) is 16.7. The molecule has 3 atom stereocenters. The van der Waals surface area contributed by atoms with E-state index in [1.807, 2.05) is 63.2 Å². The van der Waals surface area contributed by atoms with Gasteiger partial charge in [0, 0.05) is 31.5 Å². The molecule has 0 aromatic heterocycles. The van der Waals surface area contributed by atoms with Gasteiger partial charge in [-0.05, 0) is 35.6 Å². The van der Waals surface area contributed by atoms with Gasteiger partial charge >= 0.3 is 0 Å². The lowest BCUT2D eigenvalue weighted by Gasteiger charge is -2.32. The van der Waals surface area contributed by atoms with Gasteiger partial charge in [0.05, 0.1) is 6.10 Å². The van der Waals surface area contributed by atoms with Crippen molar-refractivity contribution in [3.05, 3.63) is 48.0 Å². The lowest BCUT2D eigenvalue weighted by atomic mass is 9.88. The summed E-state index contributed by atoms with van der Waals surface area (Å²) >= 11 is 0. The Morgan fingerprint density at radius 1 is 1.17 bits per heavy atom. The summed E-state index contributed by atoms with van der Waals surface area (Å²) in [5.41, 5.74) is 5.80. The van der Waals surface area contributed by atoms with Crippen LogP contribution in [0.5, 0.6) is 0 Å². The molecule has 1 saturated heterocycles. The molecule has 1 aliphatic rings. The van der Waals surface area contributed by atoms with Crippen LogP contribution in [0.15, 0.2) is 42.5 Å². The van der Waals surface area contributed by atoms with Gasteiger partial charge in [-0.2, -0.15) is 0 Å². The summed E-state index contributed by atoms with van der Waals surface area (Å²) in [6, 6.07) is 12.4. The standard InChI is InChI=1S/C27H38N4O4/c1-4-27(2,3)26(35)31-13-7-10-23(31)25(34)30-22(24(33)29-17-21(32)16-28)15-18-11-12-19-8-5-6-9-20(19)14-18/h5-6,8-9,11-12,14,21-23,32H,4,7,10,13,15-17,28H2,1-3H3,(H,29,33)(H,30,34)/t21?,22-,23?/m1/s1. The van der Waals surface area contributed by atoms with Crippen molar-refractivity contribution >= 4 is 28.5 Å². The van der Waals surface area contributed by atoms with Gasteiger partial charge in [-0.15, -0.1) is 0 Å². The fraction of sp³-hybridized carbons (Fsp3) is 0.519. The minimum Gasteiger partial charge on any atom is -0.390 e. The molecule has 0 saturated carbocycles. The zero-order chi connectivity index (χ0) is 25.6. The van der Waals surface area contributed by atoms with E-state index >= 15 is 0 Å². The number of likely N-dealkylation sites (tertiary alicyclic amines) is 1. The van der Waals surface area contributed by atoms with Crippen LogP contribution in [0.3, 0.4) is 0 Å². The normalized spacial score (nSPS) is 17.7. The molecule has 2 aromatic carbocycles. The summed E-state index contributed by atoms with van der Waals surface area (Å²) in [5.74, 6) is -0.772. The summed E-state index contributed by atoms with van der Waals surface area (Å²) < 4.78 is 0. The molecule has 0 aliphatic carbocycles. The van der Waals surface area contributed by atoms with Gasteiger partial charge in [-0.25, -0.2) is 0 Å². The Bertz CT molecular complexity index is 1050. The van der Waals surface area contributed by atoms with E-state index in [0.29, 0.717) is 19.4 Å². The van der Waals surface area contributed by atoms with E-state index in [2.05, 4.69) is 10.6 Å². The number of aliphatic hydroxyl groups is 1. The van der Waals surface area contributed by atoms with E-state index in [0.717, 1.165) is 22.8 Å². The molecule has 8 heteroatoms. The Kier molecular flexibility index (Phi) is 8.86. The molecular weight excluding hydrogens is 444 g/mol. The Hall–Kier alpha value is -2.97. The molecule has 0 spiro atoms. The molecule has 1 aliphatic heterocycles. The number of carbonyl (C=O) groups excluding carboxylic acids is 3. The number of aliphatic hydroxyl groups excluding tert-OH is 1. The molecule has 0 bridgehead atoms. The average Bonchev–Trinajstić information content (AvgIpc) is 3.36. The Labute approximate surface area is 207 Å². The highest BCUT2D eigenvalue weighted by Crippen LogP contribution is 2.28. The fourth-order valence-electron chi connectivity index (χ4n) is 4.33. The number of fused-ring (bicyclic) bond motifs is 1. The fourth-order valence-corrected chi connectivity index (χ4v) is 4.33. The maximum Gasteiger partial charge on any atom is 0.243 e. The van der Waals surface area contributed by atoms with E-state index in [1.54, 1.807) is 4.90 Å². The number of hydrogen-bond donors (Lipinski definition) is 4. The molecule has 2 aromatic rings. The highest BCUT2D eigenvalue weighted by Gasteiger charge is 2.40. The minimum absolute atomic E-state index is 0.00183. The van der Waals surface area contributed by atoms with E-state index in [9.17, 15) is 19.5 Å². The van der Waals surface area contributed by atoms with Crippen LogP contribution in [0.4, 0.5) is 0 Å². The molecule has 35 heavy (non-hydrogen) atoms. The lowest BCUT2D eigenvalue weighted by Crippen LogP contribution is -2.55. The van der Waals surface area contributed by atoms with Gasteiger partial charge in [0.15, 0.2) is 0 Å². The Morgan fingerprint density at radius 2 is 1.89 bits per heavy atom. The van der Waals surface area contributed by atoms with E-state index < -0.39 is 29.5 Å². The van der Waals surface area contributed by atoms with Crippen LogP contribution in [0, 0.1) is 5.41 Å². The number of nitrogens with one attached hydrogen (secondary N) is 2. The third-order valence-electron chi connectivity index (χ3n) is 6.95. The van der Waals surface area contributed by atoms with Crippen LogP contribution in [0.1, 0.15) is 45.6 Å². The zero-order valence-corrected chi connectivity index (χ0v) is 20.9. The lowest BCUT2D eigenvalue weighted by molar-refractivity contribution is -0.146. The third-order valence-corrected chi connectivity index (χ3v) is 6.95. The molecule has 0 radical (unpaired) electrons. The van der Waals surface area contributed by atoms with Crippen molar-refractivity contribution in [3.8, 4) is 0 Å². The summed E-state index contributed by atoms with van der Waals surface area (Å²) in [4.78, 5) is 41.1. The number of carbonyl (C=O) groups is 3. The van der Waals surface area contributed by atoms with Crippen molar-refractivity contribution in [2.75, 3.05) is 19.6 Å². The SMILES string of the molecule is CCC(C)(C)C(=O)N1CCCC1C(=O)N[C@H](Cc1ccc2ccccc2c1)C(=O)NCC(O)CN. The molecule has 3 rings (SSSR count). The van der Waals surface area contributed by atoms with Gasteiger partial charge in [0.1, 0.15) is 12.1 Å². The first kappa shape index (κ1) is 26.6. The van der Waals surface area contributed by atoms with Crippen LogP contribution in [-0.2, 0) is 20.8 Å². The first-order valence-corrected chi connectivity index (χ1v) is 12.4. The number of nitrogens with two attached hydrogens (primary N) is 1. The second-order valence-electron chi connectivity index (χ2n) is 9.98. The van der Waals surface area contributed by atoms with Crippen LogP contribution in [0.2, 0.25) is 0 Å². The third kappa shape index (κ3) is 6.58. The monoisotopic (exact) mass is 482 g/mol. The van der Waals surface area contributed by atoms with Crippen LogP contribution >= 0.6 is 0 Å². The zero-order valence-electron chi connectivity index (χ0n) is 20.9. The van der Waals surface area contributed by atoms with Crippen molar-refractivity contribution in [3.63, 3.8) is 0 Å². The van der Waals surface area contributed by atoms with Crippen LogP contribution in [-0.4, -0.2) is 65.5 Å². The summed E-state index contributed by atoms with van der Waals surface area (Å²) in [5, 5.41) is 17.5. The van der Waals surface area contributed by atoms with Gasteiger partial charge in [0.2, 0.25) is 17.7 Å². The van der Waals surface area contributed by atoms with Crippen LogP contribution in [0.25, 0.3) is 10.8 Å². The largest absolute Gasteiger partial charge is 0.390 e. The molecule has 190 valence electrons. The summed E-state index contributed by atoms with van der Waals surface area (Å²) in [6.45, 7) is 6.29. The molecule has 1 fully saturated rings. The Balaban J connectivity index is 1.79. The van der Waals surface area contributed by atoms with E-state index in [4.69, 9.17) is 5.73 Å². The minimum atomic E-state index is -0.866. The topological polar surface area (TPSA) is 125 Å². The second kappa shape index (κ2) is 11.6. The maximum atomic E-state index is 13.3. The number of hydrogen-bond acceptors (Lipinski definition) is 5. The maximum absolute atomic E-state index is 13.3. The number of rotatable bonds is 10. The van der Waals surface area contributed by atoms with E-state index in [1.165, 1.54) is 0 Å². The van der Waals surface area contributed by atoms with Crippen molar-refractivity contribution < 1.29 is 19.5 Å². The summed E-state index contributed by atoms with van der Waals surface area (Å²) in [7, 11) is 0. The highest BCUT2D eigenvalue weighted by molar-refractivity contribution is 5.93. The molecular formula is C27H38N4O4. The van der Waals surface area contributed by atoms with Crippen molar-refractivity contribution in [2.45, 2.75) is 64.6 Å². The van der Waals surface area contributed by atoms with Gasteiger partial charge in [-0.1, -0.05) is 63.2 Å². The average molecular weight is 483 g/mol. The van der Waals surface area contributed by atoms with Crippen molar-refractivity contribution in [2.24, 2.45) is 11.1 Å². The summed E-state index contributed by atoms with van der Waals surface area (Å²) in [6.07, 6.45) is 1.40. The number of benzene rings is 2. The first-order valence-electron chi connectivity index (χ1n) is 12.4. The Morgan fingerprint density at radius 3 is 2.57 bits per heavy atom. The molecule has 3 amide bonds. The van der Waals surface area contributed by atoms with Gasteiger partial charge in [-0.3, -0.25) is 14.4 Å². The van der Waals surface area contributed by atoms with Gasteiger partial charge in [0.25, 0.3) is 0 Å². The molecule has 8 nitrogen and oxygen atoms in total. The predicted octanol–water partition coefficient (Wildman–Crippen LogP) is 1.73. The number of amides is 3. The number of nitrogens with zero attached hydrogens (tertiary/aromatic N) is 1. The molecule has 5 N–H and O–H groups in total. The van der Waals surface area contributed by atoms with Gasteiger partial charge < -0.3 is 26.4 Å². The van der Waals surface area contributed by atoms with Crippen LogP contribution < -0.4 is 16.4 Å². The van der Waals surface area contributed by atoms with Crippen molar-refractivity contribution in [1.29, 1.82) is 0 Å². The van der Waals surface area contributed by atoms with E-state index in [-0.39, 0.29) is 31.3 Å². The molecule has 1 heterocycles.